The molecule has 0 fully saturated rings. The summed E-state index contributed by atoms with van der Waals surface area (Å²) < 4.78 is 59.1. The molecule has 0 saturated heterocycles. The van der Waals surface area contributed by atoms with Crippen LogP contribution in [0.2, 0.25) is 0 Å². The molecular formula is C11H16FO5PS. The monoisotopic (exact) mass is 310 g/mol. The van der Waals surface area contributed by atoms with Gasteiger partial charge in [0.05, 0.1) is 18.1 Å². The van der Waals surface area contributed by atoms with E-state index in [2.05, 4.69) is 0 Å². The van der Waals surface area contributed by atoms with Crippen LogP contribution in [-0.2, 0) is 23.4 Å². The standard InChI is InChI=1S/C11H16FO5PS/c1-3-16-18(13,17-4-2)9-19(14,15)11-7-5-6-10(12)8-11/h5-8H,3-4,9H2,1-2H3. The molecule has 0 saturated carbocycles. The number of hydrogen-bond donors (Lipinski definition) is 0. The first-order chi connectivity index (χ1) is 8.83. The first-order valence-corrected chi connectivity index (χ1v) is 9.07. The van der Waals surface area contributed by atoms with Gasteiger partial charge >= 0.3 is 7.60 Å². The van der Waals surface area contributed by atoms with Crippen LogP contribution >= 0.6 is 7.60 Å². The number of sulfone groups is 1. The lowest BCUT2D eigenvalue weighted by atomic mass is 10.4. The highest BCUT2D eigenvalue weighted by Gasteiger charge is 2.32. The summed E-state index contributed by atoms with van der Waals surface area (Å²) in [6, 6.07) is 4.51. The van der Waals surface area contributed by atoms with E-state index in [1.54, 1.807) is 13.8 Å². The van der Waals surface area contributed by atoms with Gasteiger partial charge in [-0.25, -0.2) is 12.8 Å². The van der Waals surface area contributed by atoms with Gasteiger partial charge in [0, 0.05) is 0 Å². The predicted molar refractivity (Wildman–Crippen MR) is 69.3 cm³/mol. The van der Waals surface area contributed by atoms with Crippen LogP contribution in [0.25, 0.3) is 0 Å². The molecule has 0 atom stereocenters. The van der Waals surface area contributed by atoms with Crippen molar-refractivity contribution >= 4 is 17.4 Å². The fourth-order valence-corrected chi connectivity index (χ4v) is 5.75. The summed E-state index contributed by atoms with van der Waals surface area (Å²) in [5.41, 5.74) is -0.800. The molecule has 0 aromatic heterocycles. The maximum atomic E-state index is 13.0. The summed E-state index contributed by atoms with van der Waals surface area (Å²) in [4.78, 5) is -0.243. The molecule has 0 bridgehead atoms. The third-order valence-electron chi connectivity index (χ3n) is 2.13. The zero-order valence-electron chi connectivity index (χ0n) is 10.7. The number of halogens is 1. The van der Waals surface area contributed by atoms with Gasteiger partial charge in [0.15, 0.2) is 15.3 Å². The zero-order valence-corrected chi connectivity index (χ0v) is 12.4. The van der Waals surface area contributed by atoms with Crippen LogP contribution in [0, 0.1) is 5.82 Å². The molecule has 0 amide bonds. The van der Waals surface area contributed by atoms with E-state index in [0.717, 1.165) is 12.1 Å². The van der Waals surface area contributed by atoms with E-state index in [-0.39, 0.29) is 18.1 Å². The Morgan fingerprint density at radius 3 is 2.26 bits per heavy atom. The van der Waals surface area contributed by atoms with E-state index >= 15 is 0 Å². The topological polar surface area (TPSA) is 69.7 Å². The van der Waals surface area contributed by atoms with E-state index in [0.29, 0.717) is 0 Å². The third kappa shape index (κ3) is 4.69. The van der Waals surface area contributed by atoms with E-state index in [9.17, 15) is 17.4 Å². The van der Waals surface area contributed by atoms with Crippen LogP contribution in [-0.4, -0.2) is 27.1 Å². The summed E-state index contributed by atoms with van der Waals surface area (Å²) >= 11 is 0. The van der Waals surface area contributed by atoms with Crippen molar-refractivity contribution in [3.05, 3.63) is 30.1 Å². The Bertz CT molecular complexity index is 562. The first kappa shape index (κ1) is 16.3. The second-order valence-electron chi connectivity index (χ2n) is 3.65. The summed E-state index contributed by atoms with van der Waals surface area (Å²) in [5, 5.41) is 0. The fourth-order valence-electron chi connectivity index (χ4n) is 1.45. The minimum Gasteiger partial charge on any atom is -0.308 e. The van der Waals surface area contributed by atoms with Crippen molar-refractivity contribution in [1.29, 1.82) is 0 Å². The van der Waals surface area contributed by atoms with Gasteiger partial charge in [0.25, 0.3) is 0 Å². The smallest absolute Gasteiger partial charge is 0.308 e. The Kier molecular flexibility index (Phi) is 5.67. The molecule has 0 aliphatic rings. The highest BCUT2D eigenvalue weighted by Crippen LogP contribution is 2.50. The van der Waals surface area contributed by atoms with E-state index in [1.807, 2.05) is 0 Å². The molecule has 0 spiro atoms. The molecular weight excluding hydrogens is 294 g/mol. The molecule has 0 radical (unpaired) electrons. The van der Waals surface area contributed by atoms with Crippen LogP contribution in [0.5, 0.6) is 0 Å². The molecule has 8 heteroatoms. The molecule has 0 heterocycles. The zero-order chi connectivity index (χ0) is 14.5. The van der Waals surface area contributed by atoms with Gasteiger partial charge in [-0.3, -0.25) is 4.57 Å². The Balaban J connectivity index is 3.04. The lowest BCUT2D eigenvalue weighted by Gasteiger charge is -2.16. The first-order valence-electron chi connectivity index (χ1n) is 5.69. The van der Waals surface area contributed by atoms with Crippen LogP contribution in [0.1, 0.15) is 13.8 Å². The summed E-state index contributed by atoms with van der Waals surface area (Å²) in [6.45, 7) is 3.30. The van der Waals surface area contributed by atoms with Crippen molar-refractivity contribution in [3.8, 4) is 0 Å². The van der Waals surface area contributed by atoms with E-state index in [1.165, 1.54) is 12.1 Å². The summed E-state index contributed by atoms with van der Waals surface area (Å²) in [7, 11) is -7.67. The van der Waals surface area contributed by atoms with Gasteiger partial charge in [-0.15, -0.1) is 0 Å². The van der Waals surface area contributed by atoms with Crippen LogP contribution < -0.4 is 0 Å². The number of rotatable bonds is 7. The Hall–Kier alpha value is -0.750. The van der Waals surface area contributed by atoms with Crippen LogP contribution in [0.4, 0.5) is 4.39 Å². The minimum atomic E-state index is -3.94. The normalized spacial score (nSPS) is 12.6. The second-order valence-corrected chi connectivity index (χ2v) is 8.12. The number of hydrogen-bond acceptors (Lipinski definition) is 5. The highest BCUT2D eigenvalue weighted by molar-refractivity contribution is 7.97. The van der Waals surface area contributed by atoms with Crippen LogP contribution in [0.15, 0.2) is 29.2 Å². The van der Waals surface area contributed by atoms with E-state index in [4.69, 9.17) is 9.05 Å². The Morgan fingerprint density at radius 2 is 1.79 bits per heavy atom. The molecule has 0 aliphatic heterocycles. The van der Waals surface area contributed by atoms with Gasteiger partial charge in [-0.2, -0.15) is 0 Å². The van der Waals surface area contributed by atoms with Crippen molar-refractivity contribution in [2.24, 2.45) is 0 Å². The number of benzene rings is 1. The molecule has 1 aromatic rings. The van der Waals surface area contributed by atoms with Crippen LogP contribution in [0.3, 0.4) is 0 Å². The molecule has 1 rings (SSSR count). The van der Waals surface area contributed by atoms with Gasteiger partial charge in [0.2, 0.25) is 0 Å². The third-order valence-corrected chi connectivity index (χ3v) is 7.03. The maximum absolute atomic E-state index is 13.0. The van der Waals surface area contributed by atoms with E-state index < -0.39 is 28.7 Å². The molecule has 1 aromatic carbocycles. The quantitative estimate of drug-likeness (QED) is 0.724. The Labute approximate surface area is 112 Å². The molecule has 108 valence electrons. The molecule has 19 heavy (non-hydrogen) atoms. The summed E-state index contributed by atoms with van der Waals surface area (Å²) in [5.74, 6) is -0.677. The van der Waals surface area contributed by atoms with Crippen molar-refractivity contribution in [2.45, 2.75) is 18.7 Å². The lowest BCUT2D eigenvalue weighted by Crippen LogP contribution is -2.11. The molecule has 5 nitrogen and oxygen atoms in total. The Morgan fingerprint density at radius 1 is 1.21 bits per heavy atom. The van der Waals surface area contributed by atoms with Crippen molar-refractivity contribution in [1.82, 2.24) is 0 Å². The lowest BCUT2D eigenvalue weighted by molar-refractivity contribution is 0.224. The van der Waals surface area contributed by atoms with Gasteiger partial charge in [-0.05, 0) is 32.0 Å². The molecule has 0 unspecified atom stereocenters. The van der Waals surface area contributed by atoms with Crippen molar-refractivity contribution < 1.29 is 26.4 Å². The van der Waals surface area contributed by atoms with Gasteiger partial charge in [0.1, 0.15) is 5.82 Å². The predicted octanol–water partition coefficient (Wildman–Crippen LogP) is 2.82. The molecule has 0 aliphatic carbocycles. The van der Waals surface area contributed by atoms with Crippen molar-refractivity contribution in [2.75, 3.05) is 18.7 Å². The van der Waals surface area contributed by atoms with Gasteiger partial charge in [-0.1, -0.05) is 6.07 Å². The maximum Gasteiger partial charge on any atom is 0.346 e. The van der Waals surface area contributed by atoms with Gasteiger partial charge < -0.3 is 9.05 Å². The largest absolute Gasteiger partial charge is 0.346 e. The minimum absolute atomic E-state index is 0.0654. The average molecular weight is 310 g/mol. The highest BCUT2D eigenvalue weighted by atomic mass is 32.2. The van der Waals surface area contributed by atoms with Crippen molar-refractivity contribution in [3.63, 3.8) is 0 Å². The molecule has 0 N–H and O–H groups in total. The summed E-state index contributed by atoms with van der Waals surface area (Å²) in [6.07, 6.45) is 0. The SMILES string of the molecule is CCOP(=O)(CS(=O)(=O)c1cccc(F)c1)OCC. The second kappa shape index (κ2) is 6.61. The average Bonchev–Trinajstić information content (AvgIpc) is 2.28. The fraction of sp³-hybridized carbons (Fsp3) is 0.455.